The molecule has 0 saturated heterocycles. The second kappa shape index (κ2) is 12.3. The van der Waals surface area contributed by atoms with Gasteiger partial charge in [0.05, 0.1) is 23.0 Å². The van der Waals surface area contributed by atoms with Crippen molar-refractivity contribution in [3.63, 3.8) is 0 Å². The van der Waals surface area contributed by atoms with Gasteiger partial charge in [-0.05, 0) is 64.3 Å². The predicted molar refractivity (Wildman–Crippen MR) is 135 cm³/mol. The monoisotopic (exact) mass is 591 g/mol. The molecule has 0 bridgehead atoms. The number of hydrogen-bond donors (Lipinski definition) is 2. The molecule has 0 radical (unpaired) electrons. The highest BCUT2D eigenvalue weighted by atomic mass is 79.9. The molecule has 0 aliphatic carbocycles. The Kier molecular flexibility index (Phi) is 9.17. The van der Waals surface area contributed by atoms with Crippen LogP contribution in [0.15, 0.2) is 74.7 Å². The van der Waals surface area contributed by atoms with Crippen LogP contribution in [-0.2, 0) is 16.2 Å². The first kappa shape index (κ1) is 25.4. The van der Waals surface area contributed by atoms with Crippen LogP contribution in [0.1, 0.15) is 18.1 Å². The van der Waals surface area contributed by atoms with E-state index in [4.69, 9.17) is 9.47 Å². The lowest BCUT2D eigenvalue weighted by molar-refractivity contribution is -0.136. The van der Waals surface area contributed by atoms with Crippen LogP contribution in [0.5, 0.6) is 11.5 Å². The number of rotatable bonds is 8. The number of hydrazone groups is 1. The van der Waals surface area contributed by atoms with Crippen LogP contribution in [-0.4, -0.2) is 24.6 Å². The molecule has 3 aromatic rings. The van der Waals surface area contributed by atoms with Crippen molar-refractivity contribution in [3.8, 4) is 11.5 Å². The fourth-order valence-electron chi connectivity index (χ4n) is 2.78. The molecule has 34 heavy (non-hydrogen) atoms. The highest BCUT2D eigenvalue weighted by molar-refractivity contribution is 9.10. The molecule has 0 saturated carbocycles. The summed E-state index contributed by atoms with van der Waals surface area (Å²) in [5.74, 6) is -1.77. The van der Waals surface area contributed by atoms with Gasteiger partial charge in [0.2, 0.25) is 0 Å². The molecule has 0 atom stereocenters. The summed E-state index contributed by atoms with van der Waals surface area (Å²) < 4.78 is 26.6. The maximum absolute atomic E-state index is 13.8. The summed E-state index contributed by atoms with van der Waals surface area (Å²) in [7, 11) is 0. The van der Waals surface area contributed by atoms with Crippen molar-refractivity contribution in [3.05, 3.63) is 86.6 Å². The molecule has 3 aromatic carbocycles. The second-order valence-electron chi connectivity index (χ2n) is 6.81. The molecule has 0 unspecified atom stereocenters. The number of nitrogens with one attached hydrogen (secondary N) is 2. The fraction of sp³-hybridized carbons (Fsp3) is 0.125. The van der Waals surface area contributed by atoms with E-state index in [2.05, 4.69) is 47.7 Å². The molecule has 0 spiro atoms. The summed E-state index contributed by atoms with van der Waals surface area (Å²) in [6.45, 7) is 2.62. The smallest absolute Gasteiger partial charge is 0.329 e. The van der Waals surface area contributed by atoms with Gasteiger partial charge < -0.3 is 14.8 Å². The van der Waals surface area contributed by atoms with E-state index in [9.17, 15) is 14.0 Å². The highest BCUT2D eigenvalue weighted by Gasteiger charge is 2.16. The Balaban J connectivity index is 1.65. The zero-order chi connectivity index (χ0) is 24.5. The highest BCUT2D eigenvalue weighted by Crippen LogP contribution is 2.37. The Bertz CT molecular complexity index is 1210. The average Bonchev–Trinajstić information content (AvgIpc) is 2.81. The molecule has 0 aliphatic rings. The number of nitrogens with zero attached hydrogens (tertiary/aromatic N) is 1. The molecule has 2 amide bonds. The number of ether oxygens (including phenoxy) is 2. The average molecular weight is 593 g/mol. The first-order valence-corrected chi connectivity index (χ1v) is 11.7. The topological polar surface area (TPSA) is 89.0 Å². The van der Waals surface area contributed by atoms with Gasteiger partial charge >= 0.3 is 11.8 Å². The van der Waals surface area contributed by atoms with E-state index in [1.165, 1.54) is 24.4 Å². The fourth-order valence-corrected chi connectivity index (χ4v) is 3.69. The summed E-state index contributed by atoms with van der Waals surface area (Å²) in [6, 6.07) is 17.2. The van der Waals surface area contributed by atoms with E-state index in [1.54, 1.807) is 12.1 Å². The number of carbonyl (C=O) groups excluding carboxylic acids is 2. The molecular formula is C24H20Br2FN3O4. The Morgan fingerprint density at radius 1 is 1.03 bits per heavy atom. The normalized spacial score (nSPS) is 10.7. The van der Waals surface area contributed by atoms with Crippen molar-refractivity contribution in [2.24, 2.45) is 5.10 Å². The maximum Gasteiger partial charge on any atom is 0.329 e. The first-order valence-electron chi connectivity index (χ1n) is 10.1. The Morgan fingerprint density at radius 2 is 1.79 bits per heavy atom. The van der Waals surface area contributed by atoms with Crippen molar-refractivity contribution < 1.29 is 23.5 Å². The molecule has 176 valence electrons. The molecule has 2 N–H and O–H groups in total. The van der Waals surface area contributed by atoms with Gasteiger partial charge in [0.15, 0.2) is 11.5 Å². The third-order valence-electron chi connectivity index (χ3n) is 4.32. The zero-order valence-electron chi connectivity index (χ0n) is 18.0. The van der Waals surface area contributed by atoms with Crippen LogP contribution in [0.25, 0.3) is 0 Å². The van der Waals surface area contributed by atoms with E-state index in [0.29, 0.717) is 39.2 Å². The van der Waals surface area contributed by atoms with Gasteiger partial charge in [-0.3, -0.25) is 9.59 Å². The van der Waals surface area contributed by atoms with Crippen LogP contribution in [0.4, 0.5) is 10.1 Å². The molecule has 0 fully saturated rings. The van der Waals surface area contributed by atoms with Crippen molar-refractivity contribution in [2.45, 2.75) is 13.5 Å². The summed E-state index contributed by atoms with van der Waals surface area (Å²) in [4.78, 5) is 24.0. The Hall–Kier alpha value is -3.24. The Morgan fingerprint density at radius 3 is 2.50 bits per heavy atom. The van der Waals surface area contributed by atoms with Crippen LogP contribution in [0.2, 0.25) is 0 Å². The third-order valence-corrected chi connectivity index (χ3v) is 5.41. The lowest BCUT2D eigenvalue weighted by atomic mass is 10.2. The molecule has 0 heterocycles. The number of amides is 2. The minimum Gasteiger partial charge on any atom is -0.490 e. The number of carbonyl (C=O) groups is 2. The molecule has 0 aromatic heterocycles. The van der Waals surface area contributed by atoms with E-state index in [-0.39, 0.29) is 5.69 Å². The summed E-state index contributed by atoms with van der Waals surface area (Å²) in [5.41, 5.74) is 3.58. The van der Waals surface area contributed by atoms with Crippen molar-refractivity contribution in [1.29, 1.82) is 0 Å². The molecule has 3 rings (SSSR count). The molecule has 7 nitrogen and oxygen atoms in total. The minimum atomic E-state index is -1.06. The summed E-state index contributed by atoms with van der Waals surface area (Å²) in [6.07, 6.45) is 1.35. The molecule has 10 heteroatoms. The van der Waals surface area contributed by atoms with Gasteiger partial charge in [0, 0.05) is 4.47 Å². The first-order chi connectivity index (χ1) is 16.4. The number of halogens is 3. The van der Waals surface area contributed by atoms with E-state index in [1.807, 2.05) is 37.3 Å². The number of hydrogen-bond acceptors (Lipinski definition) is 5. The second-order valence-corrected chi connectivity index (χ2v) is 8.58. The van der Waals surface area contributed by atoms with Crippen molar-refractivity contribution >= 4 is 55.6 Å². The standard InChI is InChI=1S/C24H20Br2FN3O4/c1-2-33-21-11-16(10-18(26)22(21)34-14-15-6-4-3-5-7-15)13-28-30-24(32)23(31)29-20-9-8-17(25)12-19(20)27/h3-13H,2,14H2,1H3,(H,29,31)(H,30,32)/b28-13+. The van der Waals surface area contributed by atoms with Gasteiger partial charge in [-0.25, -0.2) is 9.82 Å². The van der Waals surface area contributed by atoms with Gasteiger partial charge in [-0.1, -0.05) is 46.3 Å². The molecular weight excluding hydrogens is 573 g/mol. The van der Waals surface area contributed by atoms with Crippen molar-refractivity contribution in [2.75, 3.05) is 11.9 Å². The predicted octanol–water partition coefficient (Wildman–Crippen LogP) is 5.42. The van der Waals surface area contributed by atoms with E-state index < -0.39 is 17.6 Å². The van der Waals surface area contributed by atoms with Gasteiger partial charge in [0.25, 0.3) is 0 Å². The van der Waals surface area contributed by atoms with E-state index >= 15 is 0 Å². The maximum atomic E-state index is 13.8. The van der Waals surface area contributed by atoms with Gasteiger partial charge in [-0.2, -0.15) is 5.10 Å². The lowest BCUT2D eigenvalue weighted by Gasteiger charge is -2.14. The summed E-state index contributed by atoms with van der Waals surface area (Å²) >= 11 is 6.60. The largest absolute Gasteiger partial charge is 0.490 e. The summed E-state index contributed by atoms with van der Waals surface area (Å²) in [5, 5.41) is 5.99. The third kappa shape index (κ3) is 7.13. The van der Waals surface area contributed by atoms with Gasteiger partial charge in [-0.15, -0.1) is 0 Å². The molecule has 0 aliphatic heterocycles. The van der Waals surface area contributed by atoms with Crippen LogP contribution < -0.4 is 20.2 Å². The van der Waals surface area contributed by atoms with Crippen LogP contribution >= 0.6 is 31.9 Å². The lowest BCUT2D eigenvalue weighted by Crippen LogP contribution is -2.32. The van der Waals surface area contributed by atoms with Crippen molar-refractivity contribution in [1.82, 2.24) is 5.43 Å². The van der Waals surface area contributed by atoms with Crippen LogP contribution in [0.3, 0.4) is 0 Å². The SMILES string of the molecule is CCOc1cc(/C=N/NC(=O)C(=O)Nc2ccc(Br)cc2F)cc(Br)c1OCc1ccccc1. The number of benzene rings is 3. The Labute approximate surface area is 212 Å². The number of anilines is 1. The minimum absolute atomic E-state index is 0.122. The zero-order valence-corrected chi connectivity index (χ0v) is 21.2. The van der Waals surface area contributed by atoms with E-state index in [0.717, 1.165) is 5.56 Å². The van der Waals surface area contributed by atoms with Crippen LogP contribution in [0, 0.1) is 5.82 Å². The quantitative estimate of drug-likeness (QED) is 0.208. The van der Waals surface area contributed by atoms with Gasteiger partial charge in [0.1, 0.15) is 12.4 Å².